The summed E-state index contributed by atoms with van der Waals surface area (Å²) >= 11 is 3.43. The van der Waals surface area contributed by atoms with E-state index in [1.807, 2.05) is 60.7 Å². The Labute approximate surface area is 178 Å². The number of nitrogens with two attached hydrogens (primary N) is 2. The highest BCUT2D eigenvalue weighted by atomic mass is 32.2. The first-order valence-electron chi connectivity index (χ1n) is 9.95. The summed E-state index contributed by atoms with van der Waals surface area (Å²) in [5.41, 5.74) is 14.0. The number of aliphatic imine (C=N–C) groups is 1. The minimum absolute atomic E-state index is 0.0394. The van der Waals surface area contributed by atoms with Crippen molar-refractivity contribution in [3.8, 4) is 0 Å². The fourth-order valence-corrected chi connectivity index (χ4v) is 4.27. The molecule has 2 aromatic carbocycles. The zero-order chi connectivity index (χ0) is 19.9. The van der Waals surface area contributed by atoms with Crippen molar-refractivity contribution in [3.05, 3.63) is 60.7 Å². The monoisotopic (exact) mass is 416 g/mol. The SMILES string of the molecule is NC(=Nc1ccccc1)SCCCCCCCCSC(N)Nc1ccccc1. The molecule has 0 aliphatic carbocycles. The zero-order valence-corrected chi connectivity index (χ0v) is 18.1. The van der Waals surface area contributed by atoms with E-state index >= 15 is 0 Å². The van der Waals surface area contributed by atoms with E-state index in [1.165, 1.54) is 38.5 Å². The van der Waals surface area contributed by atoms with Crippen LogP contribution in [0, 0.1) is 0 Å². The van der Waals surface area contributed by atoms with Crippen molar-refractivity contribution < 1.29 is 0 Å². The van der Waals surface area contributed by atoms with E-state index in [4.69, 9.17) is 11.5 Å². The van der Waals surface area contributed by atoms with Gasteiger partial charge in [0.05, 0.1) is 5.69 Å². The molecule has 0 heterocycles. The Bertz CT molecular complexity index is 665. The molecule has 0 aliphatic rings. The van der Waals surface area contributed by atoms with Crippen molar-refractivity contribution in [2.24, 2.45) is 16.5 Å². The molecule has 5 N–H and O–H groups in total. The Hall–Kier alpha value is -1.63. The van der Waals surface area contributed by atoms with Crippen LogP contribution in [0.25, 0.3) is 0 Å². The van der Waals surface area contributed by atoms with Crippen LogP contribution in [0.5, 0.6) is 0 Å². The van der Waals surface area contributed by atoms with E-state index in [9.17, 15) is 0 Å². The molecule has 0 aliphatic heterocycles. The van der Waals surface area contributed by atoms with Gasteiger partial charge >= 0.3 is 0 Å². The van der Waals surface area contributed by atoms with E-state index in [0.717, 1.165) is 22.9 Å². The van der Waals surface area contributed by atoms with Crippen LogP contribution in [0.1, 0.15) is 38.5 Å². The van der Waals surface area contributed by atoms with Gasteiger partial charge in [0.25, 0.3) is 0 Å². The van der Waals surface area contributed by atoms with Gasteiger partial charge < -0.3 is 16.8 Å². The summed E-state index contributed by atoms with van der Waals surface area (Å²) in [6.07, 6.45) is 7.52. The van der Waals surface area contributed by atoms with Gasteiger partial charge in [-0.3, -0.25) is 0 Å². The molecule has 0 bridgehead atoms. The third kappa shape index (κ3) is 10.6. The van der Waals surface area contributed by atoms with Gasteiger partial charge in [0.2, 0.25) is 0 Å². The number of rotatable bonds is 13. The number of amidine groups is 1. The van der Waals surface area contributed by atoms with Gasteiger partial charge in [0.1, 0.15) is 5.50 Å². The Morgan fingerprint density at radius 2 is 1.39 bits per heavy atom. The molecular weight excluding hydrogens is 384 g/mol. The minimum atomic E-state index is -0.0394. The predicted molar refractivity (Wildman–Crippen MR) is 128 cm³/mol. The Balaban J connectivity index is 1.40. The maximum Gasteiger partial charge on any atom is 0.159 e. The zero-order valence-electron chi connectivity index (χ0n) is 16.4. The van der Waals surface area contributed by atoms with Crippen molar-refractivity contribution in [2.45, 2.75) is 44.0 Å². The van der Waals surface area contributed by atoms with Gasteiger partial charge in [-0.15, -0.1) is 11.8 Å². The van der Waals surface area contributed by atoms with Crippen LogP contribution in [-0.2, 0) is 0 Å². The summed E-state index contributed by atoms with van der Waals surface area (Å²) in [5, 5.41) is 3.97. The molecular formula is C22H32N4S2. The second kappa shape index (κ2) is 14.4. The molecule has 0 spiro atoms. The number of para-hydroxylation sites is 2. The molecule has 0 fully saturated rings. The molecule has 1 unspecified atom stereocenters. The van der Waals surface area contributed by atoms with Crippen LogP contribution in [0.15, 0.2) is 65.7 Å². The Morgan fingerprint density at radius 3 is 2.07 bits per heavy atom. The normalized spacial score (nSPS) is 12.7. The topological polar surface area (TPSA) is 76.4 Å². The van der Waals surface area contributed by atoms with Crippen LogP contribution >= 0.6 is 23.5 Å². The number of anilines is 1. The van der Waals surface area contributed by atoms with Gasteiger partial charge in [-0.1, -0.05) is 73.8 Å². The fraction of sp³-hybridized carbons (Fsp3) is 0.409. The maximum absolute atomic E-state index is 6.10. The average Bonchev–Trinajstić information content (AvgIpc) is 2.71. The van der Waals surface area contributed by atoms with Crippen molar-refractivity contribution >= 4 is 40.1 Å². The maximum atomic E-state index is 6.10. The van der Waals surface area contributed by atoms with Crippen molar-refractivity contribution in [3.63, 3.8) is 0 Å². The number of unbranched alkanes of at least 4 members (excludes halogenated alkanes) is 5. The van der Waals surface area contributed by atoms with Gasteiger partial charge in [0, 0.05) is 11.4 Å². The number of hydrogen-bond donors (Lipinski definition) is 3. The lowest BCUT2D eigenvalue weighted by Gasteiger charge is -2.14. The molecule has 1 atom stereocenters. The average molecular weight is 417 g/mol. The second-order valence-electron chi connectivity index (χ2n) is 6.56. The van der Waals surface area contributed by atoms with E-state index in [2.05, 4.69) is 10.3 Å². The molecule has 0 radical (unpaired) electrons. The Kier molecular flexibility index (Phi) is 11.6. The van der Waals surface area contributed by atoms with Crippen LogP contribution in [0.3, 0.4) is 0 Å². The summed E-state index contributed by atoms with van der Waals surface area (Å²) in [6.45, 7) is 0. The number of benzene rings is 2. The van der Waals surface area contributed by atoms with E-state index in [-0.39, 0.29) is 5.50 Å². The summed E-state index contributed by atoms with van der Waals surface area (Å²) in [6, 6.07) is 20.0. The third-order valence-corrected chi connectivity index (χ3v) is 6.05. The molecule has 2 rings (SSSR count). The molecule has 28 heavy (non-hydrogen) atoms. The smallest absolute Gasteiger partial charge is 0.159 e. The standard InChI is InChI=1S/C22H32N4S2/c23-21(25-19-13-7-5-8-14-19)27-17-11-3-1-2-4-12-18-28-22(24)26-20-15-9-6-10-16-20/h5-10,13-16,21,25H,1-4,11-12,17-18,23H2,(H2,24,26). The molecule has 6 heteroatoms. The first kappa shape index (κ1) is 22.7. The number of nitrogens with zero attached hydrogens (tertiary/aromatic N) is 1. The van der Waals surface area contributed by atoms with Crippen molar-refractivity contribution in [1.29, 1.82) is 0 Å². The van der Waals surface area contributed by atoms with E-state index < -0.39 is 0 Å². The molecule has 152 valence electrons. The highest BCUT2D eigenvalue weighted by molar-refractivity contribution is 8.13. The van der Waals surface area contributed by atoms with Crippen LogP contribution in [0.2, 0.25) is 0 Å². The molecule has 2 aromatic rings. The van der Waals surface area contributed by atoms with Crippen LogP contribution < -0.4 is 16.8 Å². The summed E-state index contributed by atoms with van der Waals surface area (Å²) in [5.74, 6) is 2.14. The Morgan fingerprint density at radius 1 is 0.821 bits per heavy atom. The van der Waals surface area contributed by atoms with Gasteiger partial charge in [0.15, 0.2) is 5.17 Å². The predicted octanol–water partition coefficient (Wildman–Crippen LogP) is 5.79. The molecule has 0 saturated carbocycles. The lowest BCUT2D eigenvalue weighted by Crippen LogP contribution is -2.26. The first-order valence-corrected chi connectivity index (χ1v) is 12.0. The van der Waals surface area contributed by atoms with Gasteiger partial charge in [-0.2, -0.15) is 0 Å². The van der Waals surface area contributed by atoms with Crippen molar-refractivity contribution in [1.82, 2.24) is 0 Å². The lowest BCUT2D eigenvalue weighted by atomic mass is 10.1. The summed E-state index contributed by atoms with van der Waals surface area (Å²) in [7, 11) is 0. The molecule has 4 nitrogen and oxygen atoms in total. The van der Waals surface area contributed by atoms with E-state index in [0.29, 0.717) is 5.17 Å². The van der Waals surface area contributed by atoms with Crippen LogP contribution in [0.4, 0.5) is 11.4 Å². The minimum Gasteiger partial charge on any atom is -0.378 e. The van der Waals surface area contributed by atoms with Crippen molar-refractivity contribution in [2.75, 3.05) is 16.8 Å². The quantitative estimate of drug-likeness (QED) is 0.167. The first-order chi connectivity index (χ1) is 13.7. The number of thioether (sulfide) groups is 2. The third-order valence-electron chi connectivity index (χ3n) is 4.16. The second-order valence-corrected chi connectivity index (χ2v) is 8.92. The highest BCUT2D eigenvalue weighted by Crippen LogP contribution is 2.16. The summed E-state index contributed by atoms with van der Waals surface area (Å²) in [4.78, 5) is 4.41. The van der Waals surface area contributed by atoms with Gasteiger partial charge in [-0.25, -0.2) is 4.99 Å². The molecule has 0 amide bonds. The van der Waals surface area contributed by atoms with Gasteiger partial charge in [-0.05, 0) is 42.9 Å². The number of hydrogen-bond acceptors (Lipinski definition) is 5. The summed E-state index contributed by atoms with van der Waals surface area (Å²) < 4.78 is 0. The molecule has 0 saturated heterocycles. The molecule has 0 aromatic heterocycles. The van der Waals surface area contributed by atoms with E-state index in [1.54, 1.807) is 23.5 Å². The lowest BCUT2D eigenvalue weighted by molar-refractivity contribution is 0.629. The van der Waals surface area contributed by atoms with Crippen LogP contribution in [-0.4, -0.2) is 22.2 Å². The number of nitrogens with one attached hydrogen (secondary N) is 1. The fourth-order valence-electron chi connectivity index (χ4n) is 2.70. The highest BCUT2D eigenvalue weighted by Gasteiger charge is 2.02. The largest absolute Gasteiger partial charge is 0.378 e.